The number of carbonyl (C=O) groups excluding carboxylic acids is 4. The predicted molar refractivity (Wildman–Crippen MR) is 121 cm³/mol. The Kier molecular flexibility index (Phi) is 15.1. The van der Waals surface area contributed by atoms with E-state index in [-0.39, 0.29) is 36.5 Å². The summed E-state index contributed by atoms with van der Waals surface area (Å²) in [5, 5.41) is 5.95. The summed E-state index contributed by atoms with van der Waals surface area (Å²) in [6.07, 6.45) is 4.68. The van der Waals surface area contributed by atoms with Gasteiger partial charge in [-0.25, -0.2) is 4.79 Å². The van der Waals surface area contributed by atoms with Crippen LogP contribution in [0.1, 0.15) is 72.6 Å². The van der Waals surface area contributed by atoms with Crippen molar-refractivity contribution >= 4 is 39.5 Å². The van der Waals surface area contributed by atoms with Gasteiger partial charge >= 0.3 is 5.97 Å². The Morgan fingerprint density at radius 1 is 1.03 bits per heavy atom. The van der Waals surface area contributed by atoms with Gasteiger partial charge in [0.25, 0.3) is 0 Å². The minimum absolute atomic E-state index is 0.0777. The van der Waals surface area contributed by atoms with E-state index in [4.69, 9.17) is 4.74 Å². The second-order valence-corrected chi connectivity index (χ2v) is 8.35. The second-order valence-electron chi connectivity index (χ2n) is 7.79. The molecule has 0 saturated carbocycles. The van der Waals surface area contributed by atoms with Crippen LogP contribution in [0.15, 0.2) is 12.2 Å². The number of alkyl halides is 1. The number of halogens is 1. The van der Waals surface area contributed by atoms with E-state index >= 15 is 0 Å². The van der Waals surface area contributed by atoms with Crippen LogP contribution in [0.5, 0.6) is 0 Å². The highest BCUT2D eigenvalue weighted by Crippen LogP contribution is 2.08. The highest BCUT2D eigenvalue weighted by molar-refractivity contribution is 9.09. The van der Waals surface area contributed by atoms with Crippen LogP contribution in [-0.2, 0) is 23.9 Å². The first-order valence-corrected chi connectivity index (χ1v) is 11.8. The first-order valence-electron chi connectivity index (χ1n) is 10.6. The van der Waals surface area contributed by atoms with Crippen LogP contribution in [-0.4, -0.2) is 47.6 Å². The first kappa shape index (κ1) is 28.3. The Hall–Kier alpha value is -1.70. The van der Waals surface area contributed by atoms with Gasteiger partial charge in [0.05, 0.1) is 12.6 Å². The highest BCUT2D eigenvalue weighted by Gasteiger charge is 2.27. The Balaban J connectivity index is 4.38. The minimum Gasteiger partial charge on any atom is -0.462 e. The molecule has 8 heteroatoms. The molecule has 0 aliphatic carbocycles. The van der Waals surface area contributed by atoms with E-state index < -0.39 is 18.1 Å². The molecule has 2 atom stereocenters. The van der Waals surface area contributed by atoms with Crippen molar-refractivity contribution in [2.75, 3.05) is 11.9 Å². The number of hydrogen-bond donors (Lipinski definition) is 2. The van der Waals surface area contributed by atoms with E-state index in [1.54, 1.807) is 0 Å². The van der Waals surface area contributed by atoms with Crippen molar-refractivity contribution in [3.63, 3.8) is 0 Å². The largest absolute Gasteiger partial charge is 0.462 e. The average Bonchev–Trinajstić information content (AvgIpc) is 2.70. The van der Waals surface area contributed by atoms with Crippen molar-refractivity contribution in [3.05, 3.63) is 12.2 Å². The number of nitrogens with one attached hydrogen (secondary N) is 2. The third-order valence-corrected chi connectivity index (χ3v) is 5.33. The Morgan fingerprint density at radius 3 is 2.23 bits per heavy atom. The van der Waals surface area contributed by atoms with Crippen molar-refractivity contribution in [2.24, 2.45) is 5.92 Å². The molecule has 2 N–H and O–H groups in total. The third kappa shape index (κ3) is 12.1. The molecule has 7 nitrogen and oxygen atoms in total. The summed E-state index contributed by atoms with van der Waals surface area (Å²) < 4.78 is 5.06. The summed E-state index contributed by atoms with van der Waals surface area (Å²) in [5.74, 6) is -1.13. The van der Waals surface area contributed by atoms with Crippen LogP contribution < -0.4 is 10.6 Å². The number of ether oxygens (including phenoxy) is 1. The van der Waals surface area contributed by atoms with E-state index in [9.17, 15) is 19.2 Å². The van der Waals surface area contributed by atoms with E-state index in [1.165, 1.54) is 6.92 Å². The Morgan fingerprint density at radius 2 is 1.70 bits per heavy atom. The summed E-state index contributed by atoms with van der Waals surface area (Å²) >= 11 is 3.15. The molecule has 0 unspecified atom stereocenters. The molecule has 30 heavy (non-hydrogen) atoms. The van der Waals surface area contributed by atoms with Crippen LogP contribution >= 0.6 is 15.9 Å². The maximum atomic E-state index is 12.6. The molecule has 0 bridgehead atoms. The fourth-order valence-electron chi connectivity index (χ4n) is 2.71. The van der Waals surface area contributed by atoms with Gasteiger partial charge in [0, 0.05) is 17.3 Å². The minimum atomic E-state index is -0.683. The molecule has 0 aliphatic rings. The summed E-state index contributed by atoms with van der Waals surface area (Å²) in [6, 6.07) is -1.20. The zero-order valence-electron chi connectivity index (χ0n) is 18.7. The van der Waals surface area contributed by atoms with Gasteiger partial charge < -0.3 is 15.4 Å². The Bertz CT molecular complexity index is 592. The lowest BCUT2D eigenvalue weighted by atomic mass is 10.0. The highest BCUT2D eigenvalue weighted by atomic mass is 79.9. The van der Waals surface area contributed by atoms with Crippen molar-refractivity contribution in [1.29, 1.82) is 0 Å². The number of Topliss-reactive ketones (excluding diaryl/α,β-unsaturated/α-hetero) is 1. The van der Waals surface area contributed by atoms with E-state index in [0.717, 1.165) is 19.3 Å². The lowest BCUT2D eigenvalue weighted by Gasteiger charge is -2.24. The van der Waals surface area contributed by atoms with E-state index in [1.807, 2.05) is 20.8 Å². The van der Waals surface area contributed by atoms with Gasteiger partial charge in [0.2, 0.25) is 11.8 Å². The number of rotatable bonds is 16. The van der Waals surface area contributed by atoms with Crippen molar-refractivity contribution in [2.45, 2.75) is 84.7 Å². The molecule has 172 valence electrons. The average molecular weight is 489 g/mol. The molecule has 0 aromatic heterocycles. The lowest BCUT2D eigenvalue weighted by Crippen LogP contribution is -2.53. The summed E-state index contributed by atoms with van der Waals surface area (Å²) in [5.41, 5.74) is 0.370. The molecule has 0 radical (unpaired) electrons. The molecule has 0 fully saturated rings. The van der Waals surface area contributed by atoms with Crippen LogP contribution in [0.2, 0.25) is 0 Å². The predicted octanol–water partition coefficient (Wildman–Crippen LogP) is 3.45. The summed E-state index contributed by atoms with van der Waals surface area (Å²) in [6.45, 7) is 11.1. The number of ketones is 1. The maximum absolute atomic E-state index is 12.6. The molecular formula is C22H37BrN2O5. The molecule has 0 aromatic rings. The summed E-state index contributed by atoms with van der Waals surface area (Å²) in [7, 11) is 0. The second kappa shape index (κ2) is 16.1. The smallest absolute Gasteiger partial charge is 0.334 e. The van der Waals surface area contributed by atoms with Gasteiger partial charge in [-0.05, 0) is 38.5 Å². The lowest BCUT2D eigenvalue weighted by molar-refractivity contribution is -0.139. The molecule has 0 heterocycles. The third-order valence-electron chi connectivity index (χ3n) is 4.65. The van der Waals surface area contributed by atoms with Gasteiger partial charge in [-0.1, -0.05) is 56.1 Å². The molecule has 0 saturated heterocycles. The van der Waals surface area contributed by atoms with Gasteiger partial charge in [-0.3, -0.25) is 14.4 Å². The molecule has 0 aliphatic heterocycles. The number of amides is 2. The zero-order valence-corrected chi connectivity index (χ0v) is 20.3. The molecular weight excluding hydrogens is 452 g/mol. The molecule has 2 amide bonds. The van der Waals surface area contributed by atoms with Crippen LogP contribution in [0, 0.1) is 5.92 Å². The van der Waals surface area contributed by atoms with Crippen molar-refractivity contribution in [3.8, 4) is 0 Å². The number of unbranched alkanes of at least 4 members (excludes halogenated alkanes) is 3. The van der Waals surface area contributed by atoms with Gasteiger partial charge in [-0.2, -0.15) is 0 Å². The summed E-state index contributed by atoms with van der Waals surface area (Å²) in [4.78, 5) is 48.1. The fourth-order valence-corrected chi connectivity index (χ4v) is 2.94. The van der Waals surface area contributed by atoms with Crippen molar-refractivity contribution < 1.29 is 23.9 Å². The van der Waals surface area contributed by atoms with Gasteiger partial charge in [0.1, 0.15) is 6.04 Å². The monoisotopic (exact) mass is 488 g/mol. The topological polar surface area (TPSA) is 102 Å². The first-order chi connectivity index (χ1) is 14.1. The number of hydrogen-bond acceptors (Lipinski definition) is 5. The standard InChI is InChI=1S/C22H37BrN2O5/c1-6-7-11-18(17(5)26)24-21(28)20(15(2)3)25-19(27)12-9-8-10-13-30-22(29)16(4)14-23/h15,18,20H,4,6-14H2,1-3,5H3,(H,24,28)(H,25,27)/t18-,20-/m0/s1. The van der Waals surface area contributed by atoms with Gasteiger partial charge in [0.15, 0.2) is 5.78 Å². The van der Waals surface area contributed by atoms with Crippen LogP contribution in [0.3, 0.4) is 0 Å². The number of carbonyl (C=O) groups is 4. The van der Waals surface area contributed by atoms with E-state index in [0.29, 0.717) is 30.2 Å². The van der Waals surface area contributed by atoms with Crippen molar-refractivity contribution in [1.82, 2.24) is 10.6 Å². The van der Waals surface area contributed by atoms with Crippen LogP contribution in [0.25, 0.3) is 0 Å². The van der Waals surface area contributed by atoms with Crippen LogP contribution in [0.4, 0.5) is 0 Å². The Labute approximate surface area is 188 Å². The molecule has 0 spiro atoms. The molecule has 0 rings (SSSR count). The van der Waals surface area contributed by atoms with Gasteiger partial charge in [-0.15, -0.1) is 0 Å². The quantitative estimate of drug-likeness (QED) is 0.150. The normalized spacial score (nSPS) is 12.7. The maximum Gasteiger partial charge on any atom is 0.334 e. The SMILES string of the molecule is C=C(CBr)C(=O)OCCCCCC(=O)N[C@H](C(=O)N[C@@H](CCCC)C(C)=O)C(C)C. The molecule has 0 aromatic carbocycles. The number of esters is 1. The fraction of sp³-hybridized carbons (Fsp3) is 0.727. The zero-order chi connectivity index (χ0) is 23.1. The van der Waals surface area contributed by atoms with E-state index in [2.05, 4.69) is 33.1 Å².